The van der Waals surface area contributed by atoms with Crippen LogP contribution in [0.2, 0.25) is 0 Å². The molecule has 1 aliphatic rings. The molecular formula is C38H37FN6OS. The third-order valence-corrected chi connectivity index (χ3v) is 9.84. The van der Waals surface area contributed by atoms with Crippen molar-refractivity contribution in [2.75, 3.05) is 31.9 Å². The summed E-state index contributed by atoms with van der Waals surface area (Å²) in [5.41, 5.74) is 6.59. The van der Waals surface area contributed by atoms with E-state index >= 15 is 0 Å². The fraction of sp³-hybridized carbons (Fsp3) is 0.263. The molecule has 7 nitrogen and oxygen atoms in total. The van der Waals surface area contributed by atoms with Gasteiger partial charge in [-0.15, -0.1) is 10.2 Å². The van der Waals surface area contributed by atoms with Crippen molar-refractivity contribution in [2.45, 2.75) is 37.5 Å². The average molecular weight is 645 g/mol. The molecule has 0 aliphatic carbocycles. The van der Waals surface area contributed by atoms with Crippen LogP contribution in [-0.4, -0.2) is 67.4 Å². The van der Waals surface area contributed by atoms with E-state index in [-0.39, 0.29) is 17.8 Å². The first kappa shape index (κ1) is 31.0. The predicted molar refractivity (Wildman–Crippen MR) is 186 cm³/mol. The van der Waals surface area contributed by atoms with E-state index in [4.69, 9.17) is 4.98 Å². The molecule has 0 bridgehead atoms. The summed E-state index contributed by atoms with van der Waals surface area (Å²) in [6.07, 6.45) is 1.20. The summed E-state index contributed by atoms with van der Waals surface area (Å²) in [7, 11) is 0. The minimum atomic E-state index is -0.246. The Bertz CT molecular complexity index is 1950. The van der Waals surface area contributed by atoms with Crippen molar-refractivity contribution in [1.29, 1.82) is 0 Å². The molecule has 2 aromatic heterocycles. The van der Waals surface area contributed by atoms with Gasteiger partial charge in [-0.1, -0.05) is 102 Å². The van der Waals surface area contributed by atoms with Crippen molar-refractivity contribution in [2.24, 2.45) is 0 Å². The standard InChI is InChI=1S/C38H37FN6OS/c1-27-18-19-33-31(25-27)35-37(45(33)26-30-15-8-9-16-32(30)39)40-38(42-41-35)47-24-10-17-34(46)43-20-22-44(23-21-43)36(28-11-4-2-5-12-28)29-13-6-3-7-14-29/h2-9,11-16,18-19,25,36H,10,17,20-24,26H2,1H3. The number of piperazine rings is 1. The third-order valence-electron chi connectivity index (χ3n) is 8.92. The molecular weight excluding hydrogens is 608 g/mol. The van der Waals surface area contributed by atoms with Crippen molar-refractivity contribution >= 4 is 39.7 Å². The second-order valence-electron chi connectivity index (χ2n) is 12.1. The largest absolute Gasteiger partial charge is 0.340 e. The third kappa shape index (κ3) is 6.77. The lowest BCUT2D eigenvalue weighted by atomic mass is 9.96. The summed E-state index contributed by atoms with van der Waals surface area (Å²) in [4.78, 5) is 22.6. The van der Waals surface area contributed by atoms with Gasteiger partial charge >= 0.3 is 0 Å². The number of halogens is 1. The molecule has 3 heterocycles. The van der Waals surface area contributed by atoms with Crippen molar-refractivity contribution in [3.05, 3.63) is 131 Å². The number of hydrogen-bond acceptors (Lipinski definition) is 6. The number of carbonyl (C=O) groups is 1. The van der Waals surface area contributed by atoms with Crippen LogP contribution in [0, 0.1) is 12.7 Å². The van der Waals surface area contributed by atoms with Gasteiger partial charge in [-0.25, -0.2) is 9.37 Å². The Kier molecular flexibility index (Phi) is 9.26. The Morgan fingerprint density at radius 2 is 1.53 bits per heavy atom. The molecule has 6 aromatic rings. The molecule has 4 aromatic carbocycles. The van der Waals surface area contributed by atoms with Gasteiger partial charge in [-0.05, 0) is 42.7 Å². The summed E-state index contributed by atoms with van der Waals surface area (Å²) >= 11 is 1.50. The van der Waals surface area contributed by atoms with Crippen molar-refractivity contribution in [3.8, 4) is 0 Å². The Hall–Kier alpha value is -4.60. The van der Waals surface area contributed by atoms with E-state index in [2.05, 4.69) is 81.8 Å². The molecule has 1 fully saturated rings. The minimum absolute atomic E-state index is 0.173. The number of aryl methyl sites for hydroxylation is 1. The van der Waals surface area contributed by atoms with E-state index < -0.39 is 0 Å². The predicted octanol–water partition coefficient (Wildman–Crippen LogP) is 7.28. The van der Waals surface area contributed by atoms with Crippen molar-refractivity contribution in [1.82, 2.24) is 29.5 Å². The maximum Gasteiger partial charge on any atom is 0.222 e. The van der Waals surface area contributed by atoms with Crippen molar-refractivity contribution in [3.63, 3.8) is 0 Å². The fourth-order valence-electron chi connectivity index (χ4n) is 6.53. The summed E-state index contributed by atoms with van der Waals surface area (Å²) < 4.78 is 16.6. The van der Waals surface area contributed by atoms with Gasteiger partial charge in [0, 0.05) is 49.3 Å². The van der Waals surface area contributed by atoms with Crippen LogP contribution in [-0.2, 0) is 11.3 Å². The molecule has 1 aliphatic heterocycles. The maximum atomic E-state index is 14.6. The molecule has 1 saturated heterocycles. The van der Waals surface area contributed by atoms with Gasteiger partial charge < -0.3 is 9.47 Å². The zero-order chi connectivity index (χ0) is 32.2. The normalized spacial score (nSPS) is 14.0. The molecule has 0 unspecified atom stereocenters. The van der Waals surface area contributed by atoms with E-state index in [1.807, 2.05) is 34.6 Å². The Morgan fingerprint density at radius 1 is 0.851 bits per heavy atom. The van der Waals surface area contributed by atoms with Gasteiger partial charge in [0.25, 0.3) is 0 Å². The number of fused-ring (bicyclic) bond motifs is 3. The van der Waals surface area contributed by atoms with Crippen LogP contribution >= 0.6 is 11.8 Å². The second-order valence-corrected chi connectivity index (χ2v) is 13.1. The molecule has 7 rings (SSSR count). The summed E-state index contributed by atoms with van der Waals surface area (Å²) in [6, 6.07) is 34.4. The smallest absolute Gasteiger partial charge is 0.222 e. The van der Waals surface area contributed by atoms with E-state index in [1.165, 1.54) is 29.0 Å². The second kappa shape index (κ2) is 14.0. The molecule has 0 N–H and O–H groups in total. The van der Waals surface area contributed by atoms with Crippen LogP contribution in [0.4, 0.5) is 4.39 Å². The summed E-state index contributed by atoms with van der Waals surface area (Å²) in [5, 5.41) is 10.5. The van der Waals surface area contributed by atoms with Crippen LogP contribution in [0.15, 0.2) is 108 Å². The first-order valence-electron chi connectivity index (χ1n) is 16.2. The number of rotatable bonds is 10. The Labute approximate surface area is 278 Å². The molecule has 0 spiro atoms. The van der Waals surface area contributed by atoms with E-state index in [9.17, 15) is 9.18 Å². The average Bonchev–Trinajstić information content (AvgIpc) is 3.40. The number of hydrogen-bond donors (Lipinski definition) is 0. The summed E-state index contributed by atoms with van der Waals surface area (Å²) in [5.74, 6) is 0.649. The topological polar surface area (TPSA) is 67.2 Å². The molecule has 47 heavy (non-hydrogen) atoms. The first-order chi connectivity index (χ1) is 23.0. The number of benzene rings is 4. The number of carbonyl (C=O) groups excluding carboxylic acids is 1. The van der Waals surface area contributed by atoms with E-state index in [1.54, 1.807) is 12.1 Å². The van der Waals surface area contributed by atoms with Gasteiger partial charge in [0.2, 0.25) is 11.1 Å². The number of nitrogens with zero attached hydrogens (tertiary/aromatic N) is 6. The molecule has 0 atom stereocenters. The zero-order valence-corrected chi connectivity index (χ0v) is 27.2. The summed E-state index contributed by atoms with van der Waals surface area (Å²) in [6.45, 7) is 5.48. The molecule has 0 saturated carbocycles. The van der Waals surface area contributed by atoms with Crippen LogP contribution in [0.3, 0.4) is 0 Å². The highest BCUT2D eigenvalue weighted by Crippen LogP contribution is 2.31. The fourth-order valence-corrected chi connectivity index (χ4v) is 7.25. The highest BCUT2D eigenvalue weighted by atomic mass is 32.2. The molecule has 9 heteroatoms. The monoisotopic (exact) mass is 644 g/mol. The Morgan fingerprint density at radius 3 is 2.23 bits per heavy atom. The number of thioether (sulfide) groups is 1. The van der Waals surface area contributed by atoms with Gasteiger partial charge in [0.05, 0.1) is 18.1 Å². The van der Waals surface area contributed by atoms with Crippen molar-refractivity contribution < 1.29 is 9.18 Å². The highest BCUT2D eigenvalue weighted by molar-refractivity contribution is 7.99. The van der Waals surface area contributed by atoms with Crippen LogP contribution in [0.5, 0.6) is 0 Å². The van der Waals surface area contributed by atoms with Gasteiger partial charge in [0.1, 0.15) is 11.3 Å². The Balaban J connectivity index is 0.976. The van der Waals surface area contributed by atoms with E-state index in [0.29, 0.717) is 40.6 Å². The first-order valence-corrected chi connectivity index (χ1v) is 17.1. The van der Waals surface area contributed by atoms with Gasteiger partial charge in [-0.3, -0.25) is 9.69 Å². The highest BCUT2D eigenvalue weighted by Gasteiger charge is 2.28. The lowest BCUT2D eigenvalue weighted by Gasteiger charge is -2.40. The SMILES string of the molecule is Cc1ccc2c(c1)c1nnc(SCCCC(=O)N3CCN(C(c4ccccc4)c4ccccc4)CC3)nc1n2Cc1ccccc1F. The quantitative estimate of drug-likeness (QED) is 0.115. The number of aromatic nitrogens is 4. The zero-order valence-electron chi connectivity index (χ0n) is 26.4. The van der Waals surface area contributed by atoms with Crippen LogP contribution < -0.4 is 0 Å². The number of amides is 1. The van der Waals surface area contributed by atoms with Gasteiger partial charge in [0.15, 0.2) is 5.65 Å². The van der Waals surface area contributed by atoms with Crippen LogP contribution in [0.1, 0.15) is 41.1 Å². The maximum absolute atomic E-state index is 14.6. The van der Waals surface area contributed by atoms with Gasteiger partial charge in [-0.2, -0.15) is 0 Å². The molecule has 0 radical (unpaired) electrons. The minimum Gasteiger partial charge on any atom is -0.340 e. The van der Waals surface area contributed by atoms with E-state index in [0.717, 1.165) is 49.1 Å². The molecule has 1 amide bonds. The lowest BCUT2D eigenvalue weighted by molar-refractivity contribution is -0.133. The van der Waals surface area contributed by atoms with Crippen LogP contribution in [0.25, 0.3) is 22.1 Å². The lowest BCUT2D eigenvalue weighted by Crippen LogP contribution is -2.49. The molecule has 238 valence electrons.